The third kappa shape index (κ3) is 3.59. The van der Waals surface area contributed by atoms with Crippen LogP contribution in [-0.4, -0.2) is 13.1 Å². The van der Waals surface area contributed by atoms with Crippen LogP contribution in [-0.2, 0) is 4.74 Å². The minimum Gasteiger partial charge on any atom is -0.465 e. The molecule has 3 nitrogen and oxygen atoms in total. The molecule has 2 rings (SSSR count). The molecule has 0 bridgehead atoms. The summed E-state index contributed by atoms with van der Waals surface area (Å²) in [4.78, 5) is 11.5. The second-order valence-corrected chi connectivity index (χ2v) is 4.49. The first-order valence-corrected chi connectivity index (χ1v) is 6.16. The lowest BCUT2D eigenvalue weighted by atomic mass is 9.99. The molecular formula is C16H18ClNO2. The Morgan fingerprint density at radius 2 is 1.70 bits per heavy atom. The fourth-order valence-electron chi connectivity index (χ4n) is 1.95. The van der Waals surface area contributed by atoms with Crippen LogP contribution >= 0.6 is 12.4 Å². The Bertz CT molecular complexity index is 597. The maximum absolute atomic E-state index is 11.5. The Balaban J connectivity index is 0.00000200. The van der Waals surface area contributed by atoms with E-state index in [2.05, 4.69) is 0 Å². The number of esters is 1. The van der Waals surface area contributed by atoms with Gasteiger partial charge in [0.15, 0.2) is 0 Å². The lowest BCUT2D eigenvalue weighted by molar-refractivity contribution is 0.0601. The molecule has 106 valence electrons. The number of carbonyl (C=O) groups excluding carboxylic acids is 1. The topological polar surface area (TPSA) is 52.3 Å². The van der Waals surface area contributed by atoms with Gasteiger partial charge in [-0.25, -0.2) is 4.79 Å². The molecule has 4 heteroatoms. The van der Waals surface area contributed by atoms with E-state index in [0.29, 0.717) is 5.56 Å². The maximum atomic E-state index is 11.5. The molecule has 0 aliphatic rings. The van der Waals surface area contributed by atoms with Crippen LogP contribution in [0.5, 0.6) is 0 Å². The lowest BCUT2D eigenvalue weighted by Gasteiger charge is -2.09. The molecule has 0 saturated heterocycles. The molecule has 0 radical (unpaired) electrons. The van der Waals surface area contributed by atoms with E-state index in [1.54, 1.807) is 6.07 Å². The molecule has 20 heavy (non-hydrogen) atoms. The minimum atomic E-state index is -0.329. The summed E-state index contributed by atoms with van der Waals surface area (Å²) in [5.74, 6) is -0.329. The summed E-state index contributed by atoms with van der Waals surface area (Å²) >= 11 is 0. The number of hydrogen-bond acceptors (Lipinski definition) is 3. The van der Waals surface area contributed by atoms with Crippen LogP contribution in [0.25, 0.3) is 11.1 Å². The van der Waals surface area contributed by atoms with Crippen LogP contribution in [0.2, 0.25) is 0 Å². The molecule has 0 amide bonds. The van der Waals surface area contributed by atoms with E-state index in [1.165, 1.54) is 7.11 Å². The Kier molecular flexibility index (Phi) is 5.74. The number of ether oxygens (including phenoxy) is 1. The minimum absolute atomic E-state index is 0. The van der Waals surface area contributed by atoms with Crippen molar-refractivity contribution in [3.63, 3.8) is 0 Å². The van der Waals surface area contributed by atoms with Crippen LogP contribution in [0.15, 0.2) is 48.5 Å². The Hall–Kier alpha value is -1.84. The van der Waals surface area contributed by atoms with Crippen molar-refractivity contribution in [1.82, 2.24) is 0 Å². The van der Waals surface area contributed by atoms with E-state index in [4.69, 9.17) is 10.5 Å². The second kappa shape index (κ2) is 7.08. The average Bonchev–Trinajstić information content (AvgIpc) is 2.46. The van der Waals surface area contributed by atoms with Crippen LogP contribution in [0, 0.1) is 0 Å². The number of rotatable bonds is 3. The van der Waals surface area contributed by atoms with Gasteiger partial charge in [-0.3, -0.25) is 0 Å². The van der Waals surface area contributed by atoms with Crippen molar-refractivity contribution < 1.29 is 9.53 Å². The molecule has 2 aromatic carbocycles. The van der Waals surface area contributed by atoms with Gasteiger partial charge in [0.1, 0.15) is 0 Å². The van der Waals surface area contributed by atoms with E-state index in [0.717, 1.165) is 16.7 Å². The average molecular weight is 292 g/mol. The van der Waals surface area contributed by atoms with E-state index >= 15 is 0 Å². The van der Waals surface area contributed by atoms with Gasteiger partial charge in [-0.05, 0) is 41.8 Å². The van der Waals surface area contributed by atoms with Crippen molar-refractivity contribution in [2.75, 3.05) is 7.11 Å². The number of halogens is 1. The summed E-state index contributed by atoms with van der Waals surface area (Å²) in [6.07, 6.45) is 0. The first-order chi connectivity index (χ1) is 9.11. The number of hydrogen-bond donors (Lipinski definition) is 1. The summed E-state index contributed by atoms with van der Waals surface area (Å²) in [5, 5.41) is 0. The molecular weight excluding hydrogens is 274 g/mol. The third-order valence-electron chi connectivity index (χ3n) is 3.03. The van der Waals surface area contributed by atoms with Crippen molar-refractivity contribution in [3.05, 3.63) is 59.7 Å². The Morgan fingerprint density at radius 3 is 2.30 bits per heavy atom. The van der Waals surface area contributed by atoms with Crippen molar-refractivity contribution >= 4 is 18.4 Å². The molecule has 0 saturated carbocycles. The fourth-order valence-corrected chi connectivity index (χ4v) is 1.95. The van der Waals surface area contributed by atoms with E-state index in [9.17, 15) is 4.79 Å². The van der Waals surface area contributed by atoms with E-state index in [-0.39, 0.29) is 24.4 Å². The second-order valence-electron chi connectivity index (χ2n) is 4.49. The van der Waals surface area contributed by atoms with Gasteiger partial charge in [0.05, 0.1) is 12.7 Å². The first kappa shape index (κ1) is 16.2. The summed E-state index contributed by atoms with van der Waals surface area (Å²) in [6.45, 7) is 1.95. The van der Waals surface area contributed by atoms with Gasteiger partial charge in [-0.2, -0.15) is 0 Å². The quantitative estimate of drug-likeness (QED) is 0.879. The fraction of sp³-hybridized carbons (Fsp3) is 0.188. The van der Waals surface area contributed by atoms with Gasteiger partial charge in [-0.1, -0.05) is 30.3 Å². The van der Waals surface area contributed by atoms with Gasteiger partial charge >= 0.3 is 5.97 Å². The van der Waals surface area contributed by atoms with Gasteiger partial charge in [-0.15, -0.1) is 12.4 Å². The molecule has 1 atom stereocenters. The highest BCUT2D eigenvalue weighted by molar-refractivity contribution is 5.91. The maximum Gasteiger partial charge on any atom is 0.337 e. The first-order valence-electron chi connectivity index (χ1n) is 6.16. The Morgan fingerprint density at radius 1 is 1.10 bits per heavy atom. The molecule has 0 heterocycles. The van der Waals surface area contributed by atoms with Gasteiger partial charge in [0.2, 0.25) is 0 Å². The van der Waals surface area contributed by atoms with Crippen molar-refractivity contribution in [3.8, 4) is 11.1 Å². The van der Waals surface area contributed by atoms with Crippen molar-refractivity contribution in [2.24, 2.45) is 5.73 Å². The van der Waals surface area contributed by atoms with Crippen LogP contribution in [0.1, 0.15) is 28.9 Å². The zero-order chi connectivity index (χ0) is 13.8. The summed E-state index contributed by atoms with van der Waals surface area (Å²) < 4.78 is 4.73. The van der Waals surface area contributed by atoms with Crippen molar-refractivity contribution in [2.45, 2.75) is 13.0 Å². The predicted octanol–water partition coefficient (Wildman–Crippen LogP) is 3.58. The zero-order valence-corrected chi connectivity index (χ0v) is 12.3. The summed E-state index contributed by atoms with van der Waals surface area (Å²) in [6, 6.07) is 15.4. The van der Waals surface area contributed by atoms with Crippen LogP contribution in [0.4, 0.5) is 0 Å². The molecule has 2 N–H and O–H groups in total. The lowest BCUT2D eigenvalue weighted by Crippen LogP contribution is -2.04. The van der Waals surface area contributed by atoms with Gasteiger partial charge < -0.3 is 10.5 Å². The highest BCUT2D eigenvalue weighted by atomic mass is 35.5. The van der Waals surface area contributed by atoms with Crippen LogP contribution < -0.4 is 5.73 Å². The third-order valence-corrected chi connectivity index (χ3v) is 3.03. The number of methoxy groups -OCH3 is 1. The van der Waals surface area contributed by atoms with Gasteiger partial charge in [0.25, 0.3) is 0 Å². The number of benzene rings is 2. The molecule has 0 aliphatic carbocycles. The monoisotopic (exact) mass is 291 g/mol. The largest absolute Gasteiger partial charge is 0.465 e. The predicted molar refractivity (Wildman–Crippen MR) is 83.1 cm³/mol. The highest BCUT2D eigenvalue weighted by Gasteiger charge is 2.07. The molecule has 0 unspecified atom stereocenters. The molecule has 2 aromatic rings. The highest BCUT2D eigenvalue weighted by Crippen LogP contribution is 2.23. The normalized spacial score (nSPS) is 11.3. The van der Waals surface area contributed by atoms with Crippen molar-refractivity contribution in [1.29, 1.82) is 0 Å². The molecule has 0 aromatic heterocycles. The summed E-state index contributed by atoms with van der Waals surface area (Å²) in [5.41, 5.74) is 9.52. The standard InChI is InChI=1S/C16H17NO2.ClH/c1-11(17)12-5-3-6-13(9-12)14-7-4-8-15(10-14)16(18)19-2;/h3-11H,17H2,1-2H3;1H/t11-;/m0./s1. The SMILES string of the molecule is COC(=O)c1cccc(-c2cccc([C@H](C)N)c2)c1.Cl. The number of carbonyl (C=O) groups is 1. The summed E-state index contributed by atoms with van der Waals surface area (Å²) in [7, 11) is 1.38. The molecule has 0 spiro atoms. The van der Waals surface area contributed by atoms with Crippen LogP contribution in [0.3, 0.4) is 0 Å². The van der Waals surface area contributed by atoms with E-state index < -0.39 is 0 Å². The Labute approximate surface area is 125 Å². The smallest absolute Gasteiger partial charge is 0.337 e. The number of nitrogens with two attached hydrogens (primary N) is 1. The molecule has 0 fully saturated rings. The zero-order valence-electron chi connectivity index (χ0n) is 11.5. The van der Waals surface area contributed by atoms with E-state index in [1.807, 2.05) is 49.4 Å². The molecule has 0 aliphatic heterocycles. The van der Waals surface area contributed by atoms with Gasteiger partial charge in [0, 0.05) is 6.04 Å².